The van der Waals surface area contributed by atoms with Crippen molar-refractivity contribution in [1.29, 1.82) is 0 Å². The number of hydrogen-bond donors (Lipinski definition) is 5. The van der Waals surface area contributed by atoms with E-state index >= 15 is 0 Å². The molecule has 7 nitrogen and oxygen atoms in total. The third-order valence-electron chi connectivity index (χ3n) is 1.16. The molecule has 15 heavy (non-hydrogen) atoms. The van der Waals surface area contributed by atoms with Crippen LogP contribution in [0.15, 0.2) is 0 Å². The Hall–Kier alpha value is -1.18. The number of nitrogens with two attached hydrogens (primary N) is 1. The molecule has 0 aromatic carbocycles. The summed E-state index contributed by atoms with van der Waals surface area (Å²) in [7, 11) is 0. The summed E-state index contributed by atoms with van der Waals surface area (Å²) in [5, 5.41) is 26.9. The first-order chi connectivity index (χ1) is 7.04. The van der Waals surface area contributed by atoms with Crippen molar-refractivity contribution < 1.29 is 24.9 Å². The lowest BCUT2D eigenvalue weighted by atomic mass is 10.3. The molecule has 0 aliphatic carbocycles. The van der Waals surface area contributed by atoms with Gasteiger partial charge in [-0.3, -0.25) is 9.59 Å². The molecule has 0 rings (SSSR count). The molecule has 0 aliphatic heterocycles. The molecule has 0 saturated heterocycles. The molecule has 0 atom stereocenters. The minimum atomic E-state index is -1.08. The smallest absolute Gasteiger partial charge is 0.303 e. The number of nitrogens with one attached hydrogen (secondary N) is 1. The van der Waals surface area contributed by atoms with Crippen molar-refractivity contribution in [2.45, 2.75) is 12.8 Å². The summed E-state index contributed by atoms with van der Waals surface area (Å²) in [6.45, 7) is 2.28. The van der Waals surface area contributed by atoms with Gasteiger partial charge < -0.3 is 26.4 Å². The van der Waals surface area contributed by atoms with Gasteiger partial charge in [0.05, 0.1) is 19.4 Å². The Bertz CT molecular complexity index is 156. The zero-order valence-corrected chi connectivity index (χ0v) is 8.48. The Morgan fingerprint density at radius 1 is 1.07 bits per heavy atom. The van der Waals surface area contributed by atoms with Crippen LogP contribution in [-0.2, 0) is 9.59 Å². The Kier molecular flexibility index (Phi) is 13.9. The van der Waals surface area contributed by atoms with Crippen molar-refractivity contribution in [3.8, 4) is 0 Å². The molecule has 0 radical (unpaired) electrons. The molecular weight excluding hydrogens is 204 g/mol. The van der Waals surface area contributed by atoms with E-state index in [1.165, 1.54) is 0 Å². The summed E-state index contributed by atoms with van der Waals surface area (Å²) >= 11 is 0. The SMILES string of the molecule is NCCNCCO.O=C(O)CCC(=O)O. The molecule has 0 spiro atoms. The molecule has 0 bridgehead atoms. The molecule has 0 aromatic heterocycles. The highest BCUT2D eigenvalue weighted by Gasteiger charge is 2.00. The van der Waals surface area contributed by atoms with Gasteiger partial charge in [-0.25, -0.2) is 0 Å². The maximum absolute atomic E-state index is 9.64. The summed E-state index contributed by atoms with van der Waals surface area (Å²) in [4.78, 5) is 19.3. The van der Waals surface area contributed by atoms with E-state index in [0.717, 1.165) is 6.54 Å². The first-order valence-electron chi connectivity index (χ1n) is 4.49. The second-order valence-corrected chi connectivity index (χ2v) is 2.55. The third kappa shape index (κ3) is 24.5. The van der Waals surface area contributed by atoms with Crippen LogP contribution < -0.4 is 11.1 Å². The zero-order valence-electron chi connectivity index (χ0n) is 8.48. The summed E-state index contributed by atoms with van der Waals surface area (Å²) in [6.07, 6.45) is -0.593. The van der Waals surface area contributed by atoms with Crippen molar-refractivity contribution in [2.24, 2.45) is 5.73 Å². The number of rotatable bonds is 7. The average molecular weight is 222 g/mol. The largest absolute Gasteiger partial charge is 0.481 e. The van der Waals surface area contributed by atoms with Crippen molar-refractivity contribution in [1.82, 2.24) is 5.32 Å². The van der Waals surface area contributed by atoms with Crippen LogP contribution in [0.2, 0.25) is 0 Å². The summed E-state index contributed by atoms with van der Waals surface area (Å²) in [5.74, 6) is -2.15. The molecule has 0 saturated carbocycles. The normalized spacial score (nSPS) is 8.93. The van der Waals surface area contributed by atoms with Crippen LogP contribution in [0.1, 0.15) is 12.8 Å². The van der Waals surface area contributed by atoms with Gasteiger partial charge >= 0.3 is 11.9 Å². The van der Waals surface area contributed by atoms with Crippen molar-refractivity contribution >= 4 is 11.9 Å². The first-order valence-corrected chi connectivity index (χ1v) is 4.49. The van der Waals surface area contributed by atoms with Gasteiger partial charge in [0.25, 0.3) is 0 Å². The number of carboxylic acids is 2. The molecule has 0 unspecified atom stereocenters. The van der Waals surface area contributed by atoms with Gasteiger partial charge in [0, 0.05) is 19.6 Å². The van der Waals surface area contributed by atoms with Crippen LogP contribution in [-0.4, -0.2) is 53.5 Å². The molecule has 0 heterocycles. The lowest BCUT2D eigenvalue weighted by Gasteiger charge is -1.95. The average Bonchev–Trinajstić information content (AvgIpc) is 2.17. The highest BCUT2D eigenvalue weighted by atomic mass is 16.4. The fourth-order valence-electron chi connectivity index (χ4n) is 0.520. The maximum Gasteiger partial charge on any atom is 0.303 e. The van der Waals surface area contributed by atoms with E-state index in [1.807, 2.05) is 0 Å². The summed E-state index contributed by atoms with van der Waals surface area (Å²) in [5.41, 5.74) is 5.13. The number of carboxylic acid groups (broad SMARTS) is 2. The highest BCUT2D eigenvalue weighted by Crippen LogP contribution is 1.86. The molecule has 0 aliphatic rings. The number of aliphatic carboxylic acids is 2. The fraction of sp³-hybridized carbons (Fsp3) is 0.750. The minimum Gasteiger partial charge on any atom is -0.481 e. The highest BCUT2D eigenvalue weighted by molar-refractivity contribution is 5.75. The molecule has 6 N–H and O–H groups in total. The van der Waals surface area contributed by atoms with E-state index in [4.69, 9.17) is 21.1 Å². The Morgan fingerprint density at radius 2 is 1.53 bits per heavy atom. The Balaban J connectivity index is 0. The number of aliphatic hydroxyl groups excluding tert-OH is 1. The molecule has 90 valence electrons. The van der Waals surface area contributed by atoms with Gasteiger partial charge in [0.15, 0.2) is 0 Å². The summed E-state index contributed by atoms with van der Waals surface area (Å²) in [6, 6.07) is 0. The van der Waals surface area contributed by atoms with E-state index in [0.29, 0.717) is 13.1 Å². The van der Waals surface area contributed by atoms with Gasteiger partial charge in [-0.1, -0.05) is 0 Å². The zero-order chi connectivity index (χ0) is 12.1. The van der Waals surface area contributed by atoms with E-state index in [2.05, 4.69) is 5.32 Å². The molecule has 0 aromatic rings. The van der Waals surface area contributed by atoms with Gasteiger partial charge in [0.1, 0.15) is 0 Å². The second-order valence-electron chi connectivity index (χ2n) is 2.55. The molecule has 0 fully saturated rings. The lowest BCUT2D eigenvalue weighted by Crippen LogP contribution is -2.24. The van der Waals surface area contributed by atoms with Crippen LogP contribution >= 0.6 is 0 Å². The van der Waals surface area contributed by atoms with Crippen LogP contribution in [0.5, 0.6) is 0 Å². The molecular formula is C8H18N2O5. The second kappa shape index (κ2) is 12.8. The number of hydrogen-bond acceptors (Lipinski definition) is 5. The van der Waals surface area contributed by atoms with E-state index < -0.39 is 11.9 Å². The maximum atomic E-state index is 9.64. The van der Waals surface area contributed by atoms with Gasteiger partial charge in [-0.2, -0.15) is 0 Å². The number of carbonyl (C=O) groups is 2. The van der Waals surface area contributed by atoms with Gasteiger partial charge in [-0.05, 0) is 0 Å². The van der Waals surface area contributed by atoms with Crippen LogP contribution in [0, 0.1) is 0 Å². The monoisotopic (exact) mass is 222 g/mol. The topological polar surface area (TPSA) is 133 Å². The quantitative estimate of drug-likeness (QED) is 0.330. The van der Waals surface area contributed by atoms with Crippen LogP contribution in [0.3, 0.4) is 0 Å². The van der Waals surface area contributed by atoms with Crippen LogP contribution in [0.4, 0.5) is 0 Å². The predicted octanol–water partition coefficient (Wildman–Crippen LogP) is -1.54. The standard InChI is InChI=1S/C4H12N2O.C4H6O4/c5-1-2-6-3-4-7;5-3(6)1-2-4(7)8/h6-7H,1-5H2;1-2H2,(H,5,6)(H,7,8). The van der Waals surface area contributed by atoms with Crippen molar-refractivity contribution in [3.05, 3.63) is 0 Å². The van der Waals surface area contributed by atoms with Crippen molar-refractivity contribution in [3.63, 3.8) is 0 Å². The van der Waals surface area contributed by atoms with E-state index in [-0.39, 0.29) is 19.4 Å². The minimum absolute atomic E-state index is 0.194. The van der Waals surface area contributed by atoms with E-state index in [1.54, 1.807) is 0 Å². The Labute approximate surface area is 87.9 Å². The predicted molar refractivity (Wildman–Crippen MR) is 53.5 cm³/mol. The third-order valence-corrected chi connectivity index (χ3v) is 1.16. The lowest BCUT2D eigenvalue weighted by molar-refractivity contribution is -0.143. The number of aliphatic hydroxyl groups is 1. The van der Waals surface area contributed by atoms with Gasteiger partial charge in [-0.15, -0.1) is 0 Å². The molecule has 7 heteroatoms. The van der Waals surface area contributed by atoms with Crippen LogP contribution in [0.25, 0.3) is 0 Å². The van der Waals surface area contributed by atoms with Crippen molar-refractivity contribution in [2.75, 3.05) is 26.2 Å². The fourth-order valence-corrected chi connectivity index (χ4v) is 0.520. The molecule has 0 amide bonds. The first kappa shape index (κ1) is 16.3. The Morgan fingerprint density at radius 3 is 1.80 bits per heavy atom. The summed E-state index contributed by atoms with van der Waals surface area (Å²) < 4.78 is 0. The van der Waals surface area contributed by atoms with Gasteiger partial charge in [0.2, 0.25) is 0 Å². The van der Waals surface area contributed by atoms with E-state index in [9.17, 15) is 9.59 Å².